The van der Waals surface area contributed by atoms with Crippen molar-refractivity contribution in [2.75, 3.05) is 19.6 Å². The van der Waals surface area contributed by atoms with Crippen molar-refractivity contribution in [3.8, 4) is 11.3 Å². The van der Waals surface area contributed by atoms with Gasteiger partial charge in [-0.15, -0.1) is 12.4 Å². The van der Waals surface area contributed by atoms with Crippen LogP contribution in [0.25, 0.3) is 11.3 Å². The van der Waals surface area contributed by atoms with Gasteiger partial charge in [0.1, 0.15) is 11.4 Å². The number of nitrogens with zero attached hydrogens (tertiary/aromatic N) is 2. The Labute approximate surface area is 144 Å². The fraction of sp³-hybridized carbons (Fsp3) is 0.333. The Hall–Kier alpha value is -1.37. The second-order valence-electron chi connectivity index (χ2n) is 5.18. The van der Waals surface area contributed by atoms with Crippen molar-refractivity contribution in [1.82, 2.24) is 20.4 Å². The lowest BCUT2D eigenvalue weighted by molar-refractivity contribution is 0.0648. The van der Waals surface area contributed by atoms with Gasteiger partial charge in [-0.2, -0.15) is 5.10 Å². The molecule has 7 heteroatoms. The SMILES string of the molecule is C[C@H]1CNCCN1C(=O)c1[nH]nc(-c2ccccc2)c1Br.Cl. The summed E-state index contributed by atoms with van der Waals surface area (Å²) in [4.78, 5) is 14.6. The van der Waals surface area contributed by atoms with E-state index in [1.165, 1.54) is 0 Å². The first-order valence-electron chi connectivity index (χ1n) is 6.99. The number of benzene rings is 1. The van der Waals surface area contributed by atoms with E-state index < -0.39 is 0 Å². The molecule has 0 bridgehead atoms. The van der Waals surface area contributed by atoms with E-state index in [1.807, 2.05) is 42.2 Å². The molecule has 0 saturated carbocycles. The Morgan fingerprint density at radius 3 is 2.77 bits per heavy atom. The fourth-order valence-corrected chi connectivity index (χ4v) is 3.12. The third kappa shape index (κ3) is 3.19. The maximum atomic E-state index is 12.7. The molecular formula is C15H18BrClN4O. The van der Waals surface area contributed by atoms with Crippen LogP contribution in [0.2, 0.25) is 0 Å². The second kappa shape index (κ2) is 7.26. The highest BCUT2D eigenvalue weighted by atomic mass is 79.9. The van der Waals surface area contributed by atoms with Crippen molar-refractivity contribution >= 4 is 34.2 Å². The Balaban J connectivity index is 0.00000176. The normalized spacial score (nSPS) is 17.9. The molecule has 1 aromatic carbocycles. The molecule has 1 fully saturated rings. The molecule has 0 unspecified atom stereocenters. The van der Waals surface area contributed by atoms with E-state index in [0.717, 1.165) is 28.8 Å². The van der Waals surface area contributed by atoms with Gasteiger partial charge < -0.3 is 10.2 Å². The monoisotopic (exact) mass is 384 g/mol. The summed E-state index contributed by atoms with van der Waals surface area (Å²) < 4.78 is 0.726. The van der Waals surface area contributed by atoms with Gasteiger partial charge in [-0.3, -0.25) is 9.89 Å². The summed E-state index contributed by atoms with van der Waals surface area (Å²) in [5, 5.41) is 10.5. The highest BCUT2D eigenvalue weighted by Crippen LogP contribution is 2.29. The van der Waals surface area contributed by atoms with Gasteiger partial charge in [-0.1, -0.05) is 30.3 Å². The molecule has 2 heterocycles. The third-order valence-electron chi connectivity index (χ3n) is 3.73. The predicted molar refractivity (Wildman–Crippen MR) is 92.3 cm³/mol. The first-order valence-corrected chi connectivity index (χ1v) is 7.78. The standard InChI is InChI=1S/C15H17BrN4O.ClH/c1-10-9-17-7-8-20(10)15(21)14-12(16)13(18-19-14)11-5-3-2-4-6-11;/h2-6,10,17H,7-9H2,1H3,(H,18,19);1H/t10-;/m0./s1. The van der Waals surface area contributed by atoms with Crippen LogP contribution in [0, 0.1) is 0 Å². The quantitative estimate of drug-likeness (QED) is 0.835. The maximum absolute atomic E-state index is 12.7. The molecule has 1 aromatic heterocycles. The number of amides is 1. The molecular weight excluding hydrogens is 368 g/mol. The summed E-state index contributed by atoms with van der Waals surface area (Å²) in [7, 11) is 0. The molecule has 1 amide bonds. The number of rotatable bonds is 2. The van der Waals surface area contributed by atoms with Gasteiger partial charge >= 0.3 is 0 Å². The van der Waals surface area contributed by atoms with Gasteiger partial charge in [-0.05, 0) is 22.9 Å². The maximum Gasteiger partial charge on any atom is 0.273 e. The predicted octanol–water partition coefficient (Wildman–Crippen LogP) is 2.69. The molecule has 1 aliphatic heterocycles. The molecule has 1 aliphatic rings. The van der Waals surface area contributed by atoms with Gasteiger partial charge in [0.05, 0.1) is 4.47 Å². The number of carbonyl (C=O) groups excluding carboxylic acids is 1. The van der Waals surface area contributed by atoms with Crippen molar-refractivity contribution in [1.29, 1.82) is 0 Å². The van der Waals surface area contributed by atoms with Crippen LogP contribution in [0.15, 0.2) is 34.8 Å². The average Bonchev–Trinajstić information content (AvgIpc) is 2.90. The number of hydrogen-bond donors (Lipinski definition) is 2. The largest absolute Gasteiger partial charge is 0.332 e. The molecule has 3 rings (SSSR count). The summed E-state index contributed by atoms with van der Waals surface area (Å²) in [6.45, 7) is 4.41. The van der Waals surface area contributed by atoms with E-state index in [9.17, 15) is 4.79 Å². The lowest BCUT2D eigenvalue weighted by Crippen LogP contribution is -2.52. The number of halogens is 2. The van der Waals surface area contributed by atoms with E-state index in [4.69, 9.17) is 0 Å². The van der Waals surface area contributed by atoms with Crippen LogP contribution < -0.4 is 5.32 Å². The molecule has 22 heavy (non-hydrogen) atoms. The number of aromatic nitrogens is 2. The van der Waals surface area contributed by atoms with Crippen LogP contribution in [-0.2, 0) is 0 Å². The molecule has 0 aliphatic carbocycles. The minimum Gasteiger partial charge on any atom is -0.332 e. The molecule has 2 N–H and O–H groups in total. The zero-order valence-electron chi connectivity index (χ0n) is 12.2. The van der Waals surface area contributed by atoms with Crippen molar-refractivity contribution in [2.24, 2.45) is 0 Å². The van der Waals surface area contributed by atoms with Gasteiger partial charge in [0.15, 0.2) is 0 Å². The number of carbonyl (C=O) groups is 1. The van der Waals surface area contributed by atoms with Crippen molar-refractivity contribution < 1.29 is 4.79 Å². The van der Waals surface area contributed by atoms with E-state index in [2.05, 4.69) is 31.4 Å². The Kier molecular flexibility index (Phi) is 5.61. The molecule has 2 aromatic rings. The molecule has 0 radical (unpaired) electrons. The number of piperazine rings is 1. The first kappa shape index (κ1) is 17.0. The van der Waals surface area contributed by atoms with Gasteiger partial charge in [0, 0.05) is 31.2 Å². The number of aromatic amines is 1. The smallest absolute Gasteiger partial charge is 0.273 e. The second-order valence-corrected chi connectivity index (χ2v) is 5.97. The van der Waals surface area contributed by atoms with Crippen LogP contribution in [0.5, 0.6) is 0 Å². The van der Waals surface area contributed by atoms with Crippen LogP contribution in [0.4, 0.5) is 0 Å². The van der Waals surface area contributed by atoms with E-state index in [-0.39, 0.29) is 24.4 Å². The minimum atomic E-state index is -0.00874. The molecule has 1 saturated heterocycles. The average molecular weight is 386 g/mol. The van der Waals surface area contributed by atoms with E-state index >= 15 is 0 Å². The van der Waals surface area contributed by atoms with Crippen LogP contribution >= 0.6 is 28.3 Å². The molecule has 1 atom stereocenters. The highest BCUT2D eigenvalue weighted by molar-refractivity contribution is 9.10. The summed E-state index contributed by atoms with van der Waals surface area (Å²) >= 11 is 3.52. The van der Waals surface area contributed by atoms with Gasteiger partial charge in [-0.25, -0.2) is 0 Å². The summed E-state index contributed by atoms with van der Waals surface area (Å²) in [6, 6.07) is 10.00. The summed E-state index contributed by atoms with van der Waals surface area (Å²) in [5.41, 5.74) is 2.26. The van der Waals surface area contributed by atoms with Crippen LogP contribution in [0.1, 0.15) is 17.4 Å². The van der Waals surface area contributed by atoms with Crippen LogP contribution in [0.3, 0.4) is 0 Å². The Morgan fingerprint density at radius 2 is 2.09 bits per heavy atom. The number of H-pyrrole nitrogens is 1. The van der Waals surface area contributed by atoms with Gasteiger partial charge in [0.25, 0.3) is 5.91 Å². The van der Waals surface area contributed by atoms with Gasteiger partial charge in [0.2, 0.25) is 0 Å². The van der Waals surface area contributed by atoms with Crippen molar-refractivity contribution in [2.45, 2.75) is 13.0 Å². The minimum absolute atomic E-state index is 0. The Bertz CT molecular complexity index is 646. The molecule has 5 nitrogen and oxygen atoms in total. The Morgan fingerprint density at radius 1 is 1.36 bits per heavy atom. The summed E-state index contributed by atoms with van der Waals surface area (Å²) in [5.74, 6) is -0.00874. The molecule has 0 spiro atoms. The lowest BCUT2D eigenvalue weighted by Gasteiger charge is -2.33. The highest BCUT2D eigenvalue weighted by Gasteiger charge is 2.28. The fourth-order valence-electron chi connectivity index (χ4n) is 2.54. The first-order chi connectivity index (χ1) is 10.2. The van der Waals surface area contributed by atoms with Crippen LogP contribution in [-0.4, -0.2) is 46.7 Å². The third-order valence-corrected chi connectivity index (χ3v) is 4.50. The topological polar surface area (TPSA) is 61.0 Å². The van der Waals surface area contributed by atoms with E-state index in [0.29, 0.717) is 12.2 Å². The zero-order valence-corrected chi connectivity index (χ0v) is 14.6. The molecule has 118 valence electrons. The van der Waals surface area contributed by atoms with Crippen molar-refractivity contribution in [3.63, 3.8) is 0 Å². The van der Waals surface area contributed by atoms with E-state index in [1.54, 1.807) is 0 Å². The summed E-state index contributed by atoms with van der Waals surface area (Å²) in [6.07, 6.45) is 0. The lowest BCUT2D eigenvalue weighted by atomic mass is 10.1. The van der Waals surface area contributed by atoms with Crippen molar-refractivity contribution in [3.05, 3.63) is 40.5 Å². The number of hydrogen-bond acceptors (Lipinski definition) is 3. The zero-order chi connectivity index (χ0) is 14.8. The number of nitrogens with one attached hydrogen (secondary N) is 2.